The summed E-state index contributed by atoms with van der Waals surface area (Å²) in [5.41, 5.74) is 2.54. The molecule has 0 unspecified atom stereocenters. The molecule has 0 amide bonds. The summed E-state index contributed by atoms with van der Waals surface area (Å²) < 4.78 is 1.61. The Balaban J connectivity index is 2.02. The van der Waals surface area contributed by atoms with E-state index in [2.05, 4.69) is 34.6 Å². The molecule has 0 aliphatic carbocycles. The van der Waals surface area contributed by atoms with E-state index in [1.807, 2.05) is 12.1 Å². The molecule has 0 atom stereocenters. The standard InChI is InChI=1S/C11H14N4OS/c1-9-4-2-3-5-10(9)8-17-11-12-13-14-15(11)6-7-16/h2-5,16H,6-8H2,1H3. The molecule has 0 bridgehead atoms. The highest BCUT2D eigenvalue weighted by Gasteiger charge is 2.07. The fraction of sp³-hybridized carbons (Fsp3) is 0.364. The van der Waals surface area contributed by atoms with Crippen molar-refractivity contribution in [3.8, 4) is 0 Å². The third-order valence-corrected chi connectivity index (χ3v) is 3.43. The Kier molecular flexibility index (Phi) is 4.11. The summed E-state index contributed by atoms with van der Waals surface area (Å²) in [4.78, 5) is 0. The van der Waals surface area contributed by atoms with Gasteiger partial charge in [0.15, 0.2) is 0 Å². The summed E-state index contributed by atoms with van der Waals surface area (Å²) >= 11 is 1.58. The second kappa shape index (κ2) is 5.79. The van der Waals surface area contributed by atoms with Crippen LogP contribution in [0.4, 0.5) is 0 Å². The largest absolute Gasteiger partial charge is 0.394 e. The number of benzene rings is 1. The Morgan fingerprint density at radius 1 is 1.35 bits per heavy atom. The first kappa shape index (κ1) is 12.1. The topological polar surface area (TPSA) is 63.8 Å². The number of hydrogen-bond acceptors (Lipinski definition) is 5. The van der Waals surface area contributed by atoms with Crippen molar-refractivity contribution >= 4 is 11.8 Å². The fourth-order valence-corrected chi connectivity index (χ4v) is 2.43. The summed E-state index contributed by atoms with van der Waals surface area (Å²) in [7, 11) is 0. The molecule has 1 N–H and O–H groups in total. The van der Waals surface area contributed by atoms with Gasteiger partial charge in [-0.25, -0.2) is 4.68 Å². The summed E-state index contributed by atoms with van der Waals surface area (Å²) in [6, 6.07) is 8.24. The Morgan fingerprint density at radius 2 is 2.18 bits per heavy atom. The quantitative estimate of drug-likeness (QED) is 0.809. The van der Waals surface area contributed by atoms with Gasteiger partial charge in [0, 0.05) is 5.75 Å². The summed E-state index contributed by atoms with van der Waals surface area (Å²) in [5, 5.41) is 21.0. The number of tetrazole rings is 1. The molecule has 0 spiro atoms. The summed E-state index contributed by atoms with van der Waals surface area (Å²) in [5.74, 6) is 0.832. The number of aliphatic hydroxyl groups is 1. The number of aliphatic hydroxyl groups excluding tert-OH is 1. The molecule has 5 nitrogen and oxygen atoms in total. The van der Waals surface area contributed by atoms with Gasteiger partial charge in [0.05, 0.1) is 13.2 Å². The predicted octanol–water partition coefficient (Wildman–Crippen LogP) is 1.27. The molecule has 0 radical (unpaired) electrons. The van der Waals surface area contributed by atoms with Crippen molar-refractivity contribution in [2.45, 2.75) is 24.4 Å². The van der Waals surface area contributed by atoms with Crippen molar-refractivity contribution < 1.29 is 5.11 Å². The van der Waals surface area contributed by atoms with Crippen molar-refractivity contribution in [3.05, 3.63) is 35.4 Å². The monoisotopic (exact) mass is 250 g/mol. The molecule has 0 aliphatic rings. The molecule has 0 saturated heterocycles. The van der Waals surface area contributed by atoms with E-state index in [1.165, 1.54) is 11.1 Å². The molecule has 17 heavy (non-hydrogen) atoms. The predicted molar refractivity (Wildman–Crippen MR) is 65.6 cm³/mol. The minimum atomic E-state index is 0.0446. The van der Waals surface area contributed by atoms with Crippen LogP contribution in [0.1, 0.15) is 11.1 Å². The maximum atomic E-state index is 8.87. The van der Waals surface area contributed by atoms with Crippen LogP contribution in [-0.4, -0.2) is 31.9 Å². The molecule has 1 heterocycles. The van der Waals surface area contributed by atoms with E-state index in [4.69, 9.17) is 5.11 Å². The molecule has 2 rings (SSSR count). The van der Waals surface area contributed by atoms with Gasteiger partial charge in [-0.3, -0.25) is 0 Å². The number of thioether (sulfide) groups is 1. The Morgan fingerprint density at radius 3 is 2.94 bits per heavy atom. The van der Waals surface area contributed by atoms with Gasteiger partial charge >= 0.3 is 0 Å². The number of aromatic nitrogens is 4. The lowest BCUT2D eigenvalue weighted by molar-refractivity contribution is 0.262. The van der Waals surface area contributed by atoms with E-state index < -0.39 is 0 Å². The van der Waals surface area contributed by atoms with E-state index in [-0.39, 0.29) is 6.61 Å². The molecule has 6 heteroatoms. The molecular formula is C11H14N4OS. The molecule has 0 aliphatic heterocycles. The Hall–Kier alpha value is -1.40. The average Bonchev–Trinajstić information content (AvgIpc) is 2.76. The first-order valence-electron chi connectivity index (χ1n) is 5.35. The van der Waals surface area contributed by atoms with E-state index >= 15 is 0 Å². The Bertz CT molecular complexity index is 486. The first-order chi connectivity index (χ1) is 8.31. The third kappa shape index (κ3) is 3.04. The van der Waals surface area contributed by atoms with E-state index in [9.17, 15) is 0 Å². The minimum Gasteiger partial charge on any atom is -0.394 e. The van der Waals surface area contributed by atoms with Gasteiger partial charge < -0.3 is 5.11 Å². The second-order valence-electron chi connectivity index (χ2n) is 3.62. The van der Waals surface area contributed by atoms with Crippen molar-refractivity contribution in [3.63, 3.8) is 0 Å². The van der Waals surface area contributed by atoms with Gasteiger partial charge in [-0.2, -0.15) is 0 Å². The second-order valence-corrected chi connectivity index (χ2v) is 4.57. The maximum absolute atomic E-state index is 8.87. The van der Waals surface area contributed by atoms with Crippen molar-refractivity contribution in [1.29, 1.82) is 0 Å². The zero-order valence-corrected chi connectivity index (χ0v) is 10.4. The van der Waals surface area contributed by atoms with Crippen LogP contribution in [-0.2, 0) is 12.3 Å². The zero-order chi connectivity index (χ0) is 12.1. The van der Waals surface area contributed by atoms with Crippen LogP contribution in [0.5, 0.6) is 0 Å². The zero-order valence-electron chi connectivity index (χ0n) is 9.58. The van der Waals surface area contributed by atoms with Crippen LogP contribution in [0, 0.1) is 6.92 Å². The Labute approximate surface area is 104 Å². The lowest BCUT2D eigenvalue weighted by atomic mass is 10.1. The van der Waals surface area contributed by atoms with E-state index in [0.29, 0.717) is 6.54 Å². The van der Waals surface area contributed by atoms with Crippen molar-refractivity contribution in [2.75, 3.05) is 6.61 Å². The highest BCUT2D eigenvalue weighted by Crippen LogP contribution is 2.21. The average molecular weight is 250 g/mol. The number of aryl methyl sites for hydroxylation is 1. The van der Waals surface area contributed by atoms with Crippen molar-refractivity contribution in [1.82, 2.24) is 20.2 Å². The molecule has 1 aromatic carbocycles. The van der Waals surface area contributed by atoms with Gasteiger partial charge in [-0.05, 0) is 28.5 Å². The maximum Gasteiger partial charge on any atom is 0.209 e. The number of rotatable bonds is 5. The normalized spacial score (nSPS) is 10.7. The molecule has 1 aromatic heterocycles. The summed E-state index contributed by atoms with van der Waals surface area (Å²) in [6.07, 6.45) is 0. The van der Waals surface area contributed by atoms with Crippen molar-refractivity contribution in [2.24, 2.45) is 0 Å². The SMILES string of the molecule is Cc1ccccc1CSc1nnnn1CCO. The minimum absolute atomic E-state index is 0.0446. The van der Waals surface area contributed by atoms with E-state index in [1.54, 1.807) is 16.4 Å². The molecule has 0 fully saturated rings. The van der Waals surface area contributed by atoms with Gasteiger partial charge in [0.25, 0.3) is 0 Å². The molecule has 90 valence electrons. The van der Waals surface area contributed by atoms with Crippen LogP contribution < -0.4 is 0 Å². The third-order valence-electron chi connectivity index (χ3n) is 2.43. The van der Waals surface area contributed by atoms with Crippen LogP contribution >= 0.6 is 11.8 Å². The van der Waals surface area contributed by atoms with Gasteiger partial charge in [0.2, 0.25) is 5.16 Å². The van der Waals surface area contributed by atoms with Gasteiger partial charge in [-0.15, -0.1) is 5.10 Å². The summed E-state index contributed by atoms with van der Waals surface area (Å²) in [6.45, 7) is 2.57. The smallest absolute Gasteiger partial charge is 0.209 e. The van der Waals surface area contributed by atoms with Crippen LogP contribution in [0.2, 0.25) is 0 Å². The molecule has 2 aromatic rings. The number of hydrogen-bond donors (Lipinski definition) is 1. The number of nitrogens with zero attached hydrogens (tertiary/aromatic N) is 4. The van der Waals surface area contributed by atoms with Crippen LogP contribution in [0.15, 0.2) is 29.4 Å². The molecular weight excluding hydrogens is 236 g/mol. The van der Waals surface area contributed by atoms with Crippen LogP contribution in [0.25, 0.3) is 0 Å². The lowest BCUT2D eigenvalue weighted by Gasteiger charge is -2.05. The lowest BCUT2D eigenvalue weighted by Crippen LogP contribution is -2.05. The molecule has 0 saturated carbocycles. The van der Waals surface area contributed by atoms with Gasteiger partial charge in [-0.1, -0.05) is 36.0 Å². The highest BCUT2D eigenvalue weighted by molar-refractivity contribution is 7.98. The van der Waals surface area contributed by atoms with Gasteiger partial charge in [0.1, 0.15) is 0 Å². The van der Waals surface area contributed by atoms with E-state index in [0.717, 1.165) is 10.9 Å². The highest BCUT2D eigenvalue weighted by atomic mass is 32.2. The fourth-order valence-electron chi connectivity index (χ4n) is 1.45. The van der Waals surface area contributed by atoms with Crippen LogP contribution in [0.3, 0.4) is 0 Å². The first-order valence-corrected chi connectivity index (χ1v) is 6.34.